The third-order valence-corrected chi connectivity index (χ3v) is 5.43. The van der Waals surface area contributed by atoms with Gasteiger partial charge in [0.15, 0.2) is 0 Å². The lowest BCUT2D eigenvalue weighted by molar-refractivity contribution is -0.131. The molecule has 1 amide bonds. The van der Waals surface area contributed by atoms with Crippen LogP contribution in [0.15, 0.2) is 42.7 Å². The Balaban J connectivity index is 1.39. The van der Waals surface area contributed by atoms with Crippen LogP contribution < -0.4 is 0 Å². The molecule has 7 heteroatoms. The number of rotatable bonds is 4. The van der Waals surface area contributed by atoms with Crippen LogP contribution in [0, 0.1) is 0 Å². The molecule has 4 rings (SSSR count). The monoisotopic (exact) mass is 370 g/mol. The molecule has 1 aromatic heterocycles. The molecule has 0 spiro atoms. The Morgan fingerprint density at radius 1 is 1.15 bits per heavy atom. The molecule has 3 heterocycles. The minimum atomic E-state index is -0.424. The summed E-state index contributed by atoms with van der Waals surface area (Å²) >= 11 is 0. The first-order chi connectivity index (χ1) is 13.2. The van der Waals surface area contributed by atoms with Crippen molar-refractivity contribution in [3.05, 3.63) is 42.7 Å². The molecule has 1 aromatic carbocycles. The molecular formula is C20H26N4O3. The summed E-state index contributed by atoms with van der Waals surface area (Å²) in [5, 5.41) is 10.1. The van der Waals surface area contributed by atoms with Crippen LogP contribution in [0.2, 0.25) is 0 Å². The molecule has 2 aromatic rings. The molecule has 2 atom stereocenters. The standard InChI is InChI=1S/C20H26N4O3/c25-18-15-27-14-17(18)22-8-4-9-23(12-11-22)19(26)13-24-10-7-21-20(24)16-5-2-1-3-6-16/h1-3,5-7,10,17-18,25H,4,8-9,11-15H2/t17-,18-/m0/s1. The Kier molecular flexibility index (Phi) is 5.52. The van der Waals surface area contributed by atoms with E-state index in [1.54, 1.807) is 6.20 Å². The highest BCUT2D eigenvalue weighted by Gasteiger charge is 2.33. The predicted molar refractivity (Wildman–Crippen MR) is 101 cm³/mol. The van der Waals surface area contributed by atoms with Crippen molar-refractivity contribution in [3.63, 3.8) is 0 Å². The number of aliphatic hydroxyl groups is 1. The Morgan fingerprint density at radius 2 is 2.00 bits per heavy atom. The molecule has 2 aliphatic rings. The van der Waals surface area contributed by atoms with E-state index in [0.29, 0.717) is 26.3 Å². The van der Waals surface area contributed by atoms with Crippen molar-refractivity contribution < 1.29 is 14.6 Å². The predicted octanol–water partition coefficient (Wildman–Crippen LogP) is 0.844. The van der Waals surface area contributed by atoms with Gasteiger partial charge >= 0.3 is 0 Å². The van der Waals surface area contributed by atoms with Gasteiger partial charge in [-0.15, -0.1) is 0 Å². The molecule has 144 valence electrons. The lowest BCUT2D eigenvalue weighted by Crippen LogP contribution is -2.45. The molecule has 0 radical (unpaired) electrons. The van der Waals surface area contributed by atoms with Gasteiger partial charge in [0.05, 0.1) is 25.4 Å². The summed E-state index contributed by atoms with van der Waals surface area (Å²) in [6, 6.07) is 9.97. The average Bonchev–Trinajstić information content (AvgIpc) is 3.25. The number of carbonyl (C=O) groups excluding carboxylic acids is 1. The maximum Gasteiger partial charge on any atom is 0.242 e. The summed E-state index contributed by atoms with van der Waals surface area (Å²) in [5.41, 5.74) is 1.01. The first-order valence-corrected chi connectivity index (χ1v) is 9.56. The zero-order valence-electron chi connectivity index (χ0n) is 15.4. The molecule has 0 aliphatic carbocycles. The zero-order chi connectivity index (χ0) is 18.6. The summed E-state index contributed by atoms with van der Waals surface area (Å²) < 4.78 is 7.29. The zero-order valence-corrected chi connectivity index (χ0v) is 15.4. The van der Waals surface area contributed by atoms with E-state index in [1.165, 1.54) is 0 Å². The highest BCUT2D eigenvalue weighted by atomic mass is 16.5. The Bertz CT molecular complexity index is 764. The maximum atomic E-state index is 12.9. The molecule has 0 saturated carbocycles. The van der Waals surface area contributed by atoms with Crippen LogP contribution in [-0.2, 0) is 16.1 Å². The minimum Gasteiger partial charge on any atom is -0.389 e. The van der Waals surface area contributed by atoms with Gasteiger partial charge in [-0.2, -0.15) is 0 Å². The van der Waals surface area contributed by atoms with Gasteiger partial charge < -0.3 is 19.3 Å². The summed E-state index contributed by atoms with van der Waals surface area (Å²) in [7, 11) is 0. The van der Waals surface area contributed by atoms with Gasteiger partial charge in [0, 0.05) is 44.1 Å². The van der Waals surface area contributed by atoms with E-state index in [9.17, 15) is 9.90 Å². The van der Waals surface area contributed by atoms with Gasteiger partial charge in [-0.25, -0.2) is 4.98 Å². The van der Waals surface area contributed by atoms with E-state index in [-0.39, 0.29) is 11.9 Å². The summed E-state index contributed by atoms with van der Waals surface area (Å²) in [5.74, 6) is 0.918. The van der Waals surface area contributed by atoms with Crippen LogP contribution in [0.1, 0.15) is 6.42 Å². The van der Waals surface area contributed by atoms with E-state index in [1.807, 2.05) is 46.0 Å². The number of carbonyl (C=O) groups is 1. The lowest BCUT2D eigenvalue weighted by atomic mass is 10.2. The number of imidazole rings is 1. The molecule has 1 N–H and O–H groups in total. The van der Waals surface area contributed by atoms with Gasteiger partial charge in [0.2, 0.25) is 5.91 Å². The lowest BCUT2D eigenvalue weighted by Gasteiger charge is -2.28. The summed E-state index contributed by atoms with van der Waals surface area (Å²) in [6.07, 6.45) is 4.08. The first kappa shape index (κ1) is 18.2. The second-order valence-electron chi connectivity index (χ2n) is 7.19. The molecule has 0 unspecified atom stereocenters. The van der Waals surface area contributed by atoms with Crippen molar-refractivity contribution in [2.24, 2.45) is 0 Å². The van der Waals surface area contributed by atoms with Gasteiger partial charge in [-0.1, -0.05) is 30.3 Å². The molecule has 2 fully saturated rings. The van der Waals surface area contributed by atoms with Crippen molar-refractivity contribution in [2.75, 3.05) is 39.4 Å². The Labute approximate surface area is 159 Å². The quantitative estimate of drug-likeness (QED) is 0.864. The summed E-state index contributed by atoms with van der Waals surface area (Å²) in [4.78, 5) is 21.5. The first-order valence-electron chi connectivity index (χ1n) is 9.56. The van der Waals surface area contributed by atoms with Crippen LogP contribution in [0.25, 0.3) is 11.4 Å². The van der Waals surface area contributed by atoms with Crippen molar-refractivity contribution in [2.45, 2.75) is 25.1 Å². The van der Waals surface area contributed by atoms with Crippen LogP contribution in [0.5, 0.6) is 0 Å². The van der Waals surface area contributed by atoms with Crippen LogP contribution in [-0.4, -0.2) is 81.9 Å². The molecule has 7 nitrogen and oxygen atoms in total. The second-order valence-corrected chi connectivity index (χ2v) is 7.19. The number of hydrogen-bond acceptors (Lipinski definition) is 5. The number of ether oxygens (including phenoxy) is 1. The van der Waals surface area contributed by atoms with Crippen molar-refractivity contribution in [3.8, 4) is 11.4 Å². The van der Waals surface area contributed by atoms with Gasteiger partial charge in [0.1, 0.15) is 12.4 Å². The van der Waals surface area contributed by atoms with E-state index in [0.717, 1.165) is 37.4 Å². The highest BCUT2D eigenvalue weighted by molar-refractivity contribution is 5.76. The van der Waals surface area contributed by atoms with E-state index < -0.39 is 6.10 Å². The molecule has 0 bridgehead atoms. The third-order valence-electron chi connectivity index (χ3n) is 5.43. The maximum absolute atomic E-state index is 12.9. The van der Waals surface area contributed by atoms with E-state index in [2.05, 4.69) is 9.88 Å². The SMILES string of the molecule is O=C(Cn1ccnc1-c1ccccc1)N1CCCN([C@H]2COC[C@@H]2O)CC1. The topological polar surface area (TPSA) is 70.8 Å². The molecule has 27 heavy (non-hydrogen) atoms. The Hall–Kier alpha value is -2.22. The molecule has 2 saturated heterocycles. The number of aliphatic hydroxyl groups excluding tert-OH is 1. The number of amides is 1. The Morgan fingerprint density at radius 3 is 2.78 bits per heavy atom. The number of nitrogens with zero attached hydrogens (tertiary/aromatic N) is 4. The normalized spacial score (nSPS) is 24.1. The van der Waals surface area contributed by atoms with E-state index >= 15 is 0 Å². The van der Waals surface area contributed by atoms with E-state index in [4.69, 9.17) is 4.74 Å². The van der Waals surface area contributed by atoms with Crippen LogP contribution in [0.3, 0.4) is 0 Å². The fourth-order valence-corrected chi connectivity index (χ4v) is 3.93. The molecule has 2 aliphatic heterocycles. The van der Waals surface area contributed by atoms with Crippen molar-refractivity contribution >= 4 is 5.91 Å². The van der Waals surface area contributed by atoms with Crippen molar-refractivity contribution in [1.29, 1.82) is 0 Å². The molecular weight excluding hydrogens is 344 g/mol. The number of benzene rings is 1. The van der Waals surface area contributed by atoms with Gasteiger partial charge in [-0.3, -0.25) is 9.69 Å². The number of hydrogen-bond donors (Lipinski definition) is 1. The second kappa shape index (κ2) is 8.21. The fraction of sp³-hybridized carbons (Fsp3) is 0.500. The largest absolute Gasteiger partial charge is 0.389 e. The van der Waals surface area contributed by atoms with Crippen LogP contribution >= 0.6 is 0 Å². The van der Waals surface area contributed by atoms with Crippen LogP contribution in [0.4, 0.5) is 0 Å². The van der Waals surface area contributed by atoms with Gasteiger partial charge in [0.25, 0.3) is 0 Å². The number of aromatic nitrogens is 2. The smallest absolute Gasteiger partial charge is 0.242 e. The fourth-order valence-electron chi connectivity index (χ4n) is 3.93. The third kappa shape index (κ3) is 4.05. The van der Waals surface area contributed by atoms with Gasteiger partial charge in [-0.05, 0) is 6.42 Å². The average molecular weight is 370 g/mol. The minimum absolute atomic E-state index is 0.0541. The van der Waals surface area contributed by atoms with Crippen molar-refractivity contribution in [1.82, 2.24) is 19.4 Å². The summed E-state index contributed by atoms with van der Waals surface area (Å²) in [6.45, 7) is 4.35. The highest BCUT2D eigenvalue weighted by Crippen LogP contribution is 2.18.